The summed E-state index contributed by atoms with van der Waals surface area (Å²) >= 11 is 1.62. The Morgan fingerprint density at radius 3 is 2.55 bits per heavy atom. The van der Waals surface area contributed by atoms with E-state index in [4.69, 9.17) is 8.83 Å². The van der Waals surface area contributed by atoms with Crippen molar-refractivity contribution in [1.82, 2.24) is 20.6 Å². The molecule has 0 spiro atoms. The maximum absolute atomic E-state index is 5.98. The minimum absolute atomic E-state index is 0. The number of nitrogens with one attached hydrogen (secondary N) is 2. The average Bonchev–Trinajstić information content (AvgIpc) is 3.58. The van der Waals surface area contributed by atoms with Gasteiger partial charge in [-0.2, -0.15) is 0 Å². The predicted molar refractivity (Wildman–Crippen MR) is 142 cm³/mol. The zero-order valence-electron chi connectivity index (χ0n) is 17.8. The number of benzene rings is 2. The minimum atomic E-state index is 0. The first kappa shape index (κ1) is 23.0. The Kier molecular flexibility index (Phi) is 7.40. The number of aromatic nitrogens is 2. The fourth-order valence-corrected chi connectivity index (χ4v) is 4.16. The Morgan fingerprint density at radius 1 is 0.939 bits per heavy atom. The van der Waals surface area contributed by atoms with Gasteiger partial charge in [0.25, 0.3) is 0 Å². The normalized spacial score (nSPS) is 11.4. The van der Waals surface area contributed by atoms with Crippen LogP contribution < -0.4 is 10.6 Å². The summed E-state index contributed by atoms with van der Waals surface area (Å²) in [5.74, 6) is 2.81. The van der Waals surface area contributed by atoms with Gasteiger partial charge in [-0.25, -0.2) is 9.97 Å². The van der Waals surface area contributed by atoms with E-state index < -0.39 is 0 Å². The van der Waals surface area contributed by atoms with Crippen LogP contribution in [-0.2, 0) is 13.1 Å². The highest BCUT2D eigenvalue weighted by Crippen LogP contribution is 2.31. The van der Waals surface area contributed by atoms with Gasteiger partial charge in [0.2, 0.25) is 5.89 Å². The number of furan rings is 1. The second kappa shape index (κ2) is 10.6. The van der Waals surface area contributed by atoms with Crippen molar-refractivity contribution in [3.05, 3.63) is 84.4 Å². The minimum Gasteiger partial charge on any atom is -0.457 e. The van der Waals surface area contributed by atoms with E-state index in [2.05, 4.69) is 31.7 Å². The molecule has 0 saturated heterocycles. The van der Waals surface area contributed by atoms with Gasteiger partial charge < -0.3 is 19.5 Å². The van der Waals surface area contributed by atoms with Crippen LogP contribution in [-0.4, -0.2) is 23.0 Å². The molecule has 0 atom stereocenters. The summed E-state index contributed by atoms with van der Waals surface area (Å²) in [7, 11) is 1.72. The van der Waals surface area contributed by atoms with E-state index >= 15 is 0 Å². The van der Waals surface area contributed by atoms with Crippen molar-refractivity contribution in [1.29, 1.82) is 0 Å². The molecular formula is C24H22IN5O2S. The molecule has 0 unspecified atom stereocenters. The Morgan fingerprint density at radius 2 is 1.73 bits per heavy atom. The highest BCUT2D eigenvalue weighted by Gasteiger charge is 2.11. The lowest BCUT2D eigenvalue weighted by Gasteiger charge is -2.09. The molecule has 0 saturated carbocycles. The zero-order valence-corrected chi connectivity index (χ0v) is 21.0. The molecule has 5 aromatic rings. The fourth-order valence-electron chi connectivity index (χ4n) is 3.23. The van der Waals surface area contributed by atoms with Crippen molar-refractivity contribution in [2.75, 3.05) is 7.05 Å². The smallest absolute Gasteiger partial charge is 0.226 e. The molecule has 2 N–H and O–H groups in total. The van der Waals surface area contributed by atoms with E-state index in [9.17, 15) is 0 Å². The number of thiazole rings is 1. The molecule has 3 aromatic heterocycles. The first-order valence-electron chi connectivity index (χ1n) is 10.2. The van der Waals surface area contributed by atoms with Crippen molar-refractivity contribution in [2.45, 2.75) is 13.1 Å². The van der Waals surface area contributed by atoms with Gasteiger partial charge in [-0.3, -0.25) is 4.99 Å². The summed E-state index contributed by atoms with van der Waals surface area (Å²) in [4.78, 5) is 13.4. The number of aliphatic imine (C=N–C) groups is 1. The molecule has 0 aliphatic heterocycles. The Balaban J connectivity index is 0.00000259. The van der Waals surface area contributed by atoms with Crippen LogP contribution in [0.3, 0.4) is 0 Å². The lowest BCUT2D eigenvalue weighted by atomic mass is 10.2. The Bertz CT molecular complexity index is 1330. The van der Waals surface area contributed by atoms with Crippen LogP contribution in [0.5, 0.6) is 0 Å². The number of guanidine groups is 1. The standard InChI is InChI=1S/C24H21N5O2S.HI/c1-25-24(26-13-17-15-30-22(28-17)16-7-3-2-4-8-16)27-14-18-11-12-20(31-18)23-29-19-9-5-6-10-21(19)32-23;/h2-12,15H,13-14H2,1H3,(H2,25,26,27);1H. The number of rotatable bonds is 6. The molecule has 0 radical (unpaired) electrons. The summed E-state index contributed by atoms with van der Waals surface area (Å²) in [5, 5.41) is 7.37. The van der Waals surface area contributed by atoms with Crippen LogP contribution in [0.1, 0.15) is 11.5 Å². The number of para-hydroxylation sites is 1. The van der Waals surface area contributed by atoms with E-state index in [1.165, 1.54) is 0 Å². The maximum Gasteiger partial charge on any atom is 0.226 e. The average molecular weight is 571 g/mol. The third-order valence-electron chi connectivity index (χ3n) is 4.83. The van der Waals surface area contributed by atoms with Gasteiger partial charge in [0.1, 0.15) is 12.0 Å². The number of fused-ring (bicyclic) bond motifs is 1. The second-order valence-corrected chi connectivity index (χ2v) is 8.07. The molecule has 9 heteroatoms. The van der Waals surface area contributed by atoms with Crippen LogP contribution in [0.25, 0.3) is 32.4 Å². The first-order valence-corrected chi connectivity index (χ1v) is 11.0. The van der Waals surface area contributed by atoms with E-state index in [0.29, 0.717) is 24.9 Å². The summed E-state index contributed by atoms with van der Waals surface area (Å²) < 4.78 is 12.7. The number of nitrogens with zero attached hydrogens (tertiary/aromatic N) is 3. The van der Waals surface area contributed by atoms with Crippen molar-refractivity contribution in [3.63, 3.8) is 0 Å². The third-order valence-corrected chi connectivity index (χ3v) is 5.88. The number of halogens is 1. The molecule has 3 heterocycles. The lowest BCUT2D eigenvalue weighted by molar-refractivity contribution is 0.513. The lowest BCUT2D eigenvalue weighted by Crippen LogP contribution is -2.36. The van der Waals surface area contributed by atoms with Gasteiger partial charge in [-0.15, -0.1) is 35.3 Å². The predicted octanol–water partition coefficient (Wildman–Crippen LogP) is 5.69. The maximum atomic E-state index is 5.98. The molecule has 168 valence electrons. The van der Waals surface area contributed by atoms with Gasteiger partial charge in [-0.1, -0.05) is 30.3 Å². The summed E-state index contributed by atoms with van der Waals surface area (Å²) in [5.41, 5.74) is 2.72. The van der Waals surface area contributed by atoms with Gasteiger partial charge in [0.05, 0.1) is 29.0 Å². The van der Waals surface area contributed by atoms with Crippen LogP contribution in [0.2, 0.25) is 0 Å². The molecule has 33 heavy (non-hydrogen) atoms. The molecule has 0 amide bonds. The van der Waals surface area contributed by atoms with Crippen LogP contribution >= 0.6 is 35.3 Å². The molecule has 0 aliphatic carbocycles. The Labute approximate surface area is 212 Å². The van der Waals surface area contributed by atoms with Crippen LogP contribution in [0.4, 0.5) is 0 Å². The van der Waals surface area contributed by atoms with E-state index in [0.717, 1.165) is 38.0 Å². The SMILES string of the molecule is CN=C(NCc1coc(-c2ccccc2)n1)NCc1ccc(-c2nc3ccccc3s2)o1.I. The number of oxazole rings is 1. The Hall–Kier alpha value is -3.18. The molecule has 7 nitrogen and oxygen atoms in total. The van der Waals surface area contributed by atoms with E-state index in [1.807, 2.05) is 60.7 Å². The summed E-state index contributed by atoms with van der Waals surface area (Å²) in [6.07, 6.45) is 1.65. The monoisotopic (exact) mass is 571 g/mol. The molecule has 0 bridgehead atoms. The molecule has 0 aliphatic rings. The van der Waals surface area contributed by atoms with E-state index in [-0.39, 0.29) is 24.0 Å². The van der Waals surface area contributed by atoms with Gasteiger partial charge in [0, 0.05) is 12.6 Å². The largest absolute Gasteiger partial charge is 0.457 e. The molecular weight excluding hydrogens is 549 g/mol. The molecule has 2 aromatic carbocycles. The number of hydrogen-bond donors (Lipinski definition) is 2. The van der Waals surface area contributed by atoms with E-state index in [1.54, 1.807) is 24.6 Å². The van der Waals surface area contributed by atoms with Crippen molar-refractivity contribution in [2.24, 2.45) is 4.99 Å². The van der Waals surface area contributed by atoms with Crippen molar-refractivity contribution >= 4 is 51.5 Å². The van der Waals surface area contributed by atoms with Gasteiger partial charge in [-0.05, 0) is 36.4 Å². The fraction of sp³-hybridized carbons (Fsp3) is 0.125. The van der Waals surface area contributed by atoms with Crippen LogP contribution in [0.15, 0.2) is 86.8 Å². The number of hydrogen-bond acceptors (Lipinski definition) is 6. The second-order valence-electron chi connectivity index (χ2n) is 7.04. The summed E-state index contributed by atoms with van der Waals surface area (Å²) in [6.45, 7) is 0.990. The molecule has 0 fully saturated rings. The van der Waals surface area contributed by atoms with Gasteiger partial charge >= 0.3 is 0 Å². The summed E-state index contributed by atoms with van der Waals surface area (Å²) in [6, 6.07) is 21.8. The van der Waals surface area contributed by atoms with Crippen molar-refractivity contribution < 1.29 is 8.83 Å². The topological polar surface area (TPSA) is 88.5 Å². The highest BCUT2D eigenvalue weighted by molar-refractivity contribution is 14.0. The highest BCUT2D eigenvalue weighted by atomic mass is 127. The first-order chi connectivity index (χ1) is 15.8. The zero-order chi connectivity index (χ0) is 21.8. The van der Waals surface area contributed by atoms with Gasteiger partial charge in [0.15, 0.2) is 16.7 Å². The quantitative estimate of drug-likeness (QED) is 0.155. The van der Waals surface area contributed by atoms with Crippen LogP contribution in [0, 0.1) is 0 Å². The van der Waals surface area contributed by atoms with Crippen molar-refractivity contribution in [3.8, 4) is 22.2 Å². The third kappa shape index (κ3) is 5.42. The molecule has 5 rings (SSSR count).